The van der Waals surface area contributed by atoms with Crippen LogP contribution >= 0.6 is 0 Å². The van der Waals surface area contributed by atoms with E-state index in [-0.39, 0.29) is 0 Å². The smallest absolute Gasteiger partial charge is 0.0767 e. The van der Waals surface area contributed by atoms with Gasteiger partial charge in [-0.3, -0.25) is 0 Å². The summed E-state index contributed by atoms with van der Waals surface area (Å²) in [5, 5.41) is 4.70. The molecule has 2 aromatic rings. The number of aromatic nitrogens is 2. The maximum Gasteiger partial charge on any atom is 0.0767 e. The lowest BCUT2D eigenvalue weighted by molar-refractivity contribution is 0.776. The van der Waals surface area contributed by atoms with E-state index in [0.717, 1.165) is 5.69 Å². The molecule has 1 aromatic heterocycles. The molecular formula is C16H21N3. The first-order chi connectivity index (χ1) is 9.10. The molecule has 2 N–H and O–H groups in total. The molecule has 0 saturated heterocycles. The van der Waals surface area contributed by atoms with Gasteiger partial charge in [0, 0.05) is 18.2 Å². The van der Waals surface area contributed by atoms with E-state index in [1.807, 2.05) is 0 Å². The second-order valence-corrected chi connectivity index (χ2v) is 5.70. The van der Waals surface area contributed by atoms with Crippen LogP contribution in [0.5, 0.6) is 0 Å². The van der Waals surface area contributed by atoms with Crippen molar-refractivity contribution in [3.8, 4) is 5.69 Å². The third-order valence-electron chi connectivity index (χ3n) is 3.84. The summed E-state index contributed by atoms with van der Waals surface area (Å²) in [7, 11) is 0. The van der Waals surface area contributed by atoms with E-state index >= 15 is 0 Å². The molecular weight excluding hydrogens is 234 g/mol. The molecule has 1 aromatic carbocycles. The Balaban J connectivity index is 2.18. The highest BCUT2D eigenvalue weighted by atomic mass is 15.3. The predicted molar refractivity (Wildman–Crippen MR) is 77.6 cm³/mol. The normalized spacial score (nSPS) is 14.9. The van der Waals surface area contributed by atoms with Crippen molar-refractivity contribution in [2.24, 2.45) is 5.73 Å². The second kappa shape index (κ2) is 4.49. The SMILES string of the molecule is Cc1cc(C)c(-n2nc(CN)cc2C2CC2)c(C)c1. The fraction of sp³-hybridized carbons (Fsp3) is 0.438. The van der Waals surface area contributed by atoms with Crippen molar-refractivity contribution >= 4 is 0 Å². The summed E-state index contributed by atoms with van der Waals surface area (Å²) in [6, 6.07) is 6.63. The van der Waals surface area contributed by atoms with E-state index in [9.17, 15) is 0 Å². The number of hydrogen-bond acceptors (Lipinski definition) is 2. The van der Waals surface area contributed by atoms with Crippen LogP contribution in [0.4, 0.5) is 0 Å². The van der Waals surface area contributed by atoms with Crippen LogP contribution in [0.3, 0.4) is 0 Å². The third-order valence-corrected chi connectivity index (χ3v) is 3.84. The first-order valence-electron chi connectivity index (χ1n) is 6.97. The minimum Gasteiger partial charge on any atom is -0.325 e. The van der Waals surface area contributed by atoms with Crippen molar-refractivity contribution in [1.82, 2.24) is 9.78 Å². The van der Waals surface area contributed by atoms with Crippen LogP contribution in [-0.4, -0.2) is 9.78 Å². The van der Waals surface area contributed by atoms with Crippen molar-refractivity contribution in [3.05, 3.63) is 46.3 Å². The zero-order chi connectivity index (χ0) is 13.6. The van der Waals surface area contributed by atoms with Gasteiger partial charge in [-0.15, -0.1) is 0 Å². The molecule has 3 rings (SSSR count). The molecule has 0 atom stereocenters. The first kappa shape index (κ1) is 12.4. The van der Waals surface area contributed by atoms with Crippen LogP contribution in [0.1, 0.15) is 46.8 Å². The van der Waals surface area contributed by atoms with Gasteiger partial charge in [-0.25, -0.2) is 4.68 Å². The lowest BCUT2D eigenvalue weighted by atomic mass is 10.0. The lowest BCUT2D eigenvalue weighted by Crippen LogP contribution is -2.07. The standard InChI is InChI=1S/C16H21N3/c1-10-6-11(2)16(12(3)7-10)19-15(13-4-5-13)8-14(9-17)18-19/h6-8,13H,4-5,9,17H2,1-3H3. The molecule has 0 unspecified atom stereocenters. The molecule has 1 fully saturated rings. The Kier molecular flexibility index (Phi) is 2.94. The highest BCUT2D eigenvalue weighted by Gasteiger charge is 2.29. The average Bonchev–Trinajstić information content (AvgIpc) is 3.09. The van der Waals surface area contributed by atoms with Gasteiger partial charge in [0.1, 0.15) is 0 Å². The number of aryl methyl sites for hydroxylation is 3. The fourth-order valence-corrected chi connectivity index (χ4v) is 2.90. The highest BCUT2D eigenvalue weighted by Crippen LogP contribution is 2.41. The number of rotatable bonds is 3. The molecule has 3 nitrogen and oxygen atoms in total. The van der Waals surface area contributed by atoms with Crippen LogP contribution in [0.2, 0.25) is 0 Å². The van der Waals surface area contributed by atoms with Crippen LogP contribution in [-0.2, 0) is 6.54 Å². The van der Waals surface area contributed by atoms with Crippen LogP contribution in [0.25, 0.3) is 5.69 Å². The molecule has 0 radical (unpaired) electrons. The molecule has 0 aliphatic heterocycles. The minimum atomic E-state index is 0.511. The van der Waals surface area contributed by atoms with E-state index < -0.39 is 0 Å². The Morgan fingerprint density at radius 3 is 2.32 bits per heavy atom. The van der Waals surface area contributed by atoms with E-state index in [2.05, 4.69) is 43.7 Å². The molecule has 0 amide bonds. The minimum absolute atomic E-state index is 0.511. The Bertz CT molecular complexity index is 598. The summed E-state index contributed by atoms with van der Waals surface area (Å²) in [6.07, 6.45) is 2.55. The molecule has 1 saturated carbocycles. The van der Waals surface area contributed by atoms with Crippen LogP contribution in [0, 0.1) is 20.8 Å². The van der Waals surface area contributed by atoms with Gasteiger partial charge in [-0.2, -0.15) is 5.10 Å². The zero-order valence-electron chi connectivity index (χ0n) is 11.9. The summed E-state index contributed by atoms with van der Waals surface area (Å²) in [4.78, 5) is 0. The third kappa shape index (κ3) is 2.19. The first-order valence-corrected chi connectivity index (χ1v) is 6.97. The number of nitrogens with two attached hydrogens (primary N) is 1. The summed E-state index contributed by atoms with van der Waals surface area (Å²) >= 11 is 0. The lowest BCUT2D eigenvalue weighted by Gasteiger charge is -2.14. The Morgan fingerprint density at radius 2 is 1.79 bits per heavy atom. The molecule has 1 aliphatic rings. The summed E-state index contributed by atoms with van der Waals surface area (Å²) < 4.78 is 2.13. The van der Waals surface area contributed by atoms with Crippen molar-refractivity contribution in [2.45, 2.75) is 46.1 Å². The van der Waals surface area contributed by atoms with Gasteiger partial charge in [0.25, 0.3) is 0 Å². The fourth-order valence-electron chi connectivity index (χ4n) is 2.90. The number of hydrogen-bond donors (Lipinski definition) is 1. The Labute approximate surface area is 114 Å². The topological polar surface area (TPSA) is 43.8 Å². The zero-order valence-corrected chi connectivity index (χ0v) is 11.9. The summed E-state index contributed by atoms with van der Waals surface area (Å²) in [5.74, 6) is 0.674. The van der Waals surface area contributed by atoms with E-state index in [1.165, 1.54) is 40.9 Å². The quantitative estimate of drug-likeness (QED) is 0.915. The molecule has 3 heteroatoms. The largest absolute Gasteiger partial charge is 0.325 e. The maximum atomic E-state index is 5.76. The predicted octanol–water partition coefficient (Wildman–Crippen LogP) is 3.13. The van der Waals surface area contributed by atoms with Crippen molar-refractivity contribution in [3.63, 3.8) is 0 Å². The van der Waals surface area contributed by atoms with Gasteiger partial charge in [-0.05, 0) is 50.8 Å². The molecule has 0 bridgehead atoms. The molecule has 19 heavy (non-hydrogen) atoms. The average molecular weight is 255 g/mol. The molecule has 1 heterocycles. The second-order valence-electron chi connectivity index (χ2n) is 5.70. The van der Waals surface area contributed by atoms with E-state index in [4.69, 9.17) is 10.8 Å². The number of nitrogens with zero attached hydrogens (tertiary/aromatic N) is 2. The summed E-state index contributed by atoms with van der Waals surface area (Å²) in [5.41, 5.74) is 13.2. The van der Waals surface area contributed by atoms with Crippen molar-refractivity contribution in [2.75, 3.05) is 0 Å². The molecule has 100 valence electrons. The molecule has 0 spiro atoms. The van der Waals surface area contributed by atoms with Gasteiger partial charge in [-0.1, -0.05) is 17.7 Å². The van der Waals surface area contributed by atoms with Crippen LogP contribution in [0.15, 0.2) is 18.2 Å². The highest BCUT2D eigenvalue weighted by molar-refractivity contribution is 5.50. The summed E-state index contributed by atoms with van der Waals surface area (Å²) in [6.45, 7) is 6.97. The Hall–Kier alpha value is -1.61. The van der Waals surface area contributed by atoms with Crippen LogP contribution < -0.4 is 5.73 Å². The van der Waals surface area contributed by atoms with Gasteiger partial charge in [0.05, 0.1) is 11.4 Å². The van der Waals surface area contributed by atoms with Gasteiger partial charge in [0.15, 0.2) is 0 Å². The van der Waals surface area contributed by atoms with Gasteiger partial charge < -0.3 is 5.73 Å². The van der Waals surface area contributed by atoms with Gasteiger partial charge >= 0.3 is 0 Å². The van der Waals surface area contributed by atoms with Gasteiger partial charge in [0.2, 0.25) is 0 Å². The number of benzene rings is 1. The van der Waals surface area contributed by atoms with E-state index in [1.54, 1.807) is 0 Å². The maximum absolute atomic E-state index is 5.76. The molecule has 1 aliphatic carbocycles. The van der Waals surface area contributed by atoms with E-state index in [0.29, 0.717) is 12.5 Å². The van der Waals surface area contributed by atoms with Crippen molar-refractivity contribution < 1.29 is 0 Å². The van der Waals surface area contributed by atoms with Crippen molar-refractivity contribution in [1.29, 1.82) is 0 Å². The Morgan fingerprint density at radius 1 is 1.16 bits per heavy atom. The monoisotopic (exact) mass is 255 g/mol.